The second-order valence-corrected chi connectivity index (χ2v) is 6.92. The van der Waals surface area contributed by atoms with Gasteiger partial charge in [-0.3, -0.25) is 0 Å². The van der Waals surface area contributed by atoms with Crippen molar-refractivity contribution in [2.75, 3.05) is 0 Å². The van der Waals surface area contributed by atoms with Crippen molar-refractivity contribution in [3.63, 3.8) is 0 Å². The van der Waals surface area contributed by atoms with Gasteiger partial charge in [0.15, 0.2) is 0 Å². The fourth-order valence-electron chi connectivity index (χ4n) is 1.38. The zero-order valence-electron chi connectivity index (χ0n) is 9.91. The minimum absolute atomic E-state index is 0.310. The second-order valence-electron chi connectivity index (χ2n) is 3.80. The molecule has 2 aromatic rings. The molecule has 0 saturated carbocycles. The first-order valence-corrected chi connectivity index (χ1v) is 8.31. The van der Waals surface area contributed by atoms with Crippen molar-refractivity contribution in [2.24, 2.45) is 0 Å². The molecule has 1 aromatic carbocycles. The van der Waals surface area contributed by atoms with Gasteiger partial charge in [-0.1, -0.05) is 29.8 Å². The number of nitrogens with one attached hydrogen (secondary N) is 1. The van der Waals surface area contributed by atoms with Gasteiger partial charge in [0.05, 0.1) is 0 Å². The molecule has 2 rings (SSSR count). The Bertz CT molecular complexity index is 646. The average Bonchev–Trinajstić information content (AvgIpc) is 2.89. The maximum absolute atomic E-state index is 11.7. The third-order valence-electron chi connectivity index (χ3n) is 2.34. The van der Waals surface area contributed by atoms with E-state index in [0.717, 1.165) is 15.8 Å². The van der Waals surface area contributed by atoms with Gasteiger partial charge in [-0.05, 0) is 35.2 Å². The van der Waals surface area contributed by atoms with Crippen molar-refractivity contribution >= 4 is 39.0 Å². The molecule has 19 heavy (non-hydrogen) atoms. The molecular formula is C13H12ClNO2S2. The van der Waals surface area contributed by atoms with Crippen LogP contribution in [0.2, 0.25) is 5.02 Å². The second kappa shape index (κ2) is 6.34. The summed E-state index contributed by atoms with van der Waals surface area (Å²) in [5.74, 6) is 0. The van der Waals surface area contributed by atoms with E-state index in [4.69, 9.17) is 11.6 Å². The molecule has 1 aromatic heterocycles. The van der Waals surface area contributed by atoms with Crippen LogP contribution in [0.25, 0.3) is 6.08 Å². The zero-order valence-corrected chi connectivity index (χ0v) is 12.3. The average molecular weight is 314 g/mol. The number of rotatable bonds is 5. The summed E-state index contributed by atoms with van der Waals surface area (Å²) in [6.07, 6.45) is 1.53. The van der Waals surface area contributed by atoms with Gasteiger partial charge in [0.1, 0.15) is 0 Å². The Hall–Kier alpha value is -1.14. The van der Waals surface area contributed by atoms with Gasteiger partial charge in [0.25, 0.3) is 0 Å². The van der Waals surface area contributed by atoms with Crippen LogP contribution < -0.4 is 4.72 Å². The molecule has 0 aliphatic rings. The topological polar surface area (TPSA) is 46.2 Å². The van der Waals surface area contributed by atoms with Gasteiger partial charge in [-0.15, -0.1) is 11.3 Å². The number of halogens is 1. The summed E-state index contributed by atoms with van der Waals surface area (Å²) in [6.45, 7) is 0.310. The third kappa shape index (κ3) is 4.80. The standard InChI is InChI=1S/C13H12ClNO2S2/c14-12-5-3-11(4-6-12)7-9-19(16,17)15-10-13-2-1-8-18-13/h1-9,15H,10H2. The van der Waals surface area contributed by atoms with Gasteiger partial charge in [0, 0.05) is 21.9 Å². The molecule has 100 valence electrons. The molecule has 0 fully saturated rings. The predicted octanol–water partition coefficient (Wildman–Crippen LogP) is 3.49. The molecule has 0 spiro atoms. The van der Waals surface area contributed by atoms with Crippen LogP contribution in [-0.2, 0) is 16.6 Å². The lowest BCUT2D eigenvalue weighted by Gasteiger charge is -2.00. The van der Waals surface area contributed by atoms with Crippen molar-refractivity contribution in [1.29, 1.82) is 0 Å². The molecule has 3 nitrogen and oxygen atoms in total. The quantitative estimate of drug-likeness (QED) is 0.918. The molecule has 1 N–H and O–H groups in total. The van der Waals surface area contributed by atoms with E-state index in [1.807, 2.05) is 17.5 Å². The lowest BCUT2D eigenvalue weighted by molar-refractivity contribution is 0.591. The van der Waals surface area contributed by atoms with E-state index < -0.39 is 10.0 Å². The summed E-state index contributed by atoms with van der Waals surface area (Å²) in [4.78, 5) is 0.975. The van der Waals surface area contributed by atoms with Crippen molar-refractivity contribution in [1.82, 2.24) is 4.72 Å². The van der Waals surface area contributed by atoms with Crippen molar-refractivity contribution in [2.45, 2.75) is 6.54 Å². The fourth-order valence-corrected chi connectivity index (χ4v) is 3.03. The molecular weight excluding hydrogens is 302 g/mol. The first-order chi connectivity index (χ1) is 9.05. The van der Waals surface area contributed by atoms with Crippen molar-refractivity contribution in [3.05, 3.63) is 62.6 Å². The minimum atomic E-state index is -3.42. The maximum atomic E-state index is 11.7. The SMILES string of the molecule is O=S(=O)(C=Cc1ccc(Cl)cc1)NCc1cccs1. The molecule has 6 heteroatoms. The Labute approximate surface area is 121 Å². The molecule has 0 unspecified atom stereocenters. The highest BCUT2D eigenvalue weighted by molar-refractivity contribution is 7.92. The first-order valence-electron chi connectivity index (χ1n) is 5.51. The van der Waals surface area contributed by atoms with Crippen molar-refractivity contribution < 1.29 is 8.42 Å². The molecule has 0 amide bonds. The van der Waals surface area contributed by atoms with E-state index in [-0.39, 0.29) is 0 Å². The van der Waals surface area contributed by atoms with E-state index >= 15 is 0 Å². The first kappa shape index (κ1) is 14.3. The summed E-state index contributed by atoms with van der Waals surface area (Å²) >= 11 is 7.27. The summed E-state index contributed by atoms with van der Waals surface area (Å²) in [6, 6.07) is 10.7. The van der Waals surface area contributed by atoms with Crippen LogP contribution in [0.5, 0.6) is 0 Å². The van der Waals surface area contributed by atoms with Crippen LogP contribution in [0.4, 0.5) is 0 Å². The molecule has 1 heterocycles. The normalized spacial score (nSPS) is 12.1. The highest BCUT2D eigenvalue weighted by Gasteiger charge is 2.05. The van der Waals surface area contributed by atoms with E-state index in [1.165, 1.54) is 17.4 Å². The molecule has 0 aliphatic heterocycles. The number of hydrogen-bond acceptors (Lipinski definition) is 3. The van der Waals surface area contributed by atoms with Crippen LogP contribution in [0.1, 0.15) is 10.4 Å². The number of sulfonamides is 1. The summed E-state index contributed by atoms with van der Waals surface area (Å²) in [5, 5.41) is 3.69. The van der Waals surface area contributed by atoms with E-state index in [9.17, 15) is 8.42 Å². The highest BCUT2D eigenvalue weighted by atomic mass is 35.5. The largest absolute Gasteiger partial charge is 0.234 e. The van der Waals surface area contributed by atoms with Crippen LogP contribution in [0, 0.1) is 0 Å². The van der Waals surface area contributed by atoms with Gasteiger partial charge >= 0.3 is 0 Å². The minimum Gasteiger partial charge on any atom is -0.208 e. The van der Waals surface area contributed by atoms with Crippen LogP contribution in [-0.4, -0.2) is 8.42 Å². The Kier molecular flexibility index (Phi) is 4.76. The van der Waals surface area contributed by atoms with Gasteiger partial charge in [0.2, 0.25) is 10.0 Å². The lowest BCUT2D eigenvalue weighted by atomic mass is 10.2. The number of benzene rings is 1. The highest BCUT2D eigenvalue weighted by Crippen LogP contribution is 2.12. The number of thiophene rings is 1. The van der Waals surface area contributed by atoms with Crippen molar-refractivity contribution in [3.8, 4) is 0 Å². The Morgan fingerprint density at radius 3 is 2.58 bits per heavy atom. The smallest absolute Gasteiger partial charge is 0.208 e. The summed E-state index contributed by atoms with van der Waals surface area (Å²) < 4.78 is 26.0. The Morgan fingerprint density at radius 2 is 1.95 bits per heavy atom. The lowest BCUT2D eigenvalue weighted by Crippen LogP contribution is -2.19. The monoisotopic (exact) mass is 313 g/mol. The number of hydrogen-bond donors (Lipinski definition) is 1. The van der Waals surface area contributed by atoms with Gasteiger partial charge < -0.3 is 0 Å². The Morgan fingerprint density at radius 1 is 1.21 bits per heavy atom. The molecule has 0 saturated heterocycles. The third-order valence-corrected chi connectivity index (χ3v) is 4.51. The summed E-state index contributed by atoms with van der Waals surface area (Å²) in [7, 11) is -3.42. The summed E-state index contributed by atoms with van der Waals surface area (Å²) in [5.41, 5.74) is 0.783. The van der Waals surface area contributed by atoms with Crippen LogP contribution >= 0.6 is 22.9 Å². The molecule has 0 aliphatic carbocycles. The fraction of sp³-hybridized carbons (Fsp3) is 0.0769. The zero-order chi connectivity index (χ0) is 13.7. The van der Waals surface area contributed by atoms with Gasteiger partial charge in [-0.25, -0.2) is 13.1 Å². The van der Waals surface area contributed by atoms with E-state index in [2.05, 4.69) is 4.72 Å². The van der Waals surface area contributed by atoms with E-state index in [0.29, 0.717) is 11.6 Å². The predicted molar refractivity (Wildman–Crippen MR) is 80.6 cm³/mol. The van der Waals surface area contributed by atoms with Crippen LogP contribution in [0.3, 0.4) is 0 Å². The molecule has 0 bridgehead atoms. The van der Waals surface area contributed by atoms with Crippen LogP contribution in [0.15, 0.2) is 47.2 Å². The van der Waals surface area contributed by atoms with Gasteiger partial charge in [-0.2, -0.15) is 0 Å². The Balaban J connectivity index is 1.98. The molecule has 0 atom stereocenters. The molecule has 0 radical (unpaired) electrons. The maximum Gasteiger partial charge on any atom is 0.234 e. The van der Waals surface area contributed by atoms with E-state index in [1.54, 1.807) is 24.3 Å².